The number of amides is 2. The Kier molecular flexibility index (Phi) is 10.8. The third kappa shape index (κ3) is 7.95. The van der Waals surface area contributed by atoms with Gasteiger partial charge in [0, 0.05) is 52.3 Å². The Labute approximate surface area is 312 Å². The number of carbonyl (C=O) groups is 3. The SMILES string of the molecule is COc1ccc2c(c1)c(CC(=O)NCCCCNC(=O)OC[C@@H]1[C@@H]3CCc4onc(-c5ccc([18F])cc5)c4CC[C@@H]31)c(C)n2C(=O)c1ccc(Cl)cc1. The van der Waals surface area contributed by atoms with Crippen molar-refractivity contribution < 1.29 is 32.8 Å². The molecular weight excluding hydrogens is 698 g/mol. The van der Waals surface area contributed by atoms with E-state index < -0.39 is 6.09 Å². The zero-order chi connectivity index (χ0) is 37.1. The smallest absolute Gasteiger partial charge is 0.407 e. The molecule has 1 fully saturated rings. The lowest BCUT2D eigenvalue weighted by atomic mass is 9.95. The molecule has 1 saturated carbocycles. The zero-order valence-corrected chi connectivity index (χ0v) is 30.5. The average molecular weight is 740 g/mol. The third-order valence-corrected chi connectivity index (χ3v) is 11.0. The Morgan fingerprint density at radius 3 is 2.42 bits per heavy atom. The molecule has 2 aliphatic rings. The summed E-state index contributed by atoms with van der Waals surface area (Å²) in [5.41, 5.74) is 5.35. The number of aryl methyl sites for hydroxylation is 1. The summed E-state index contributed by atoms with van der Waals surface area (Å²) < 4.78 is 31.8. The molecule has 0 unspecified atom stereocenters. The second kappa shape index (κ2) is 15.8. The van der Waals surface area contributed by atoms with E-state index in [0.29, 0.717) is 77.8 Å². The molecule has 0 radical (unpaired) electrons. The minimum atomic E-state index is -0.432. The van der Waals surface area contributed by atoms with Gasteiger partial charge in [-0.05, 0) is 129 Å². The number of aromatic nitrogens is 2. The standard InChI is InChI=1S/C41H42ClFN4O6/c1-24-33(34-21-29(51-2)13-17-36(34)47(24)40(49)26-5-9-27(42)10-6-26)22-38(48)44-19-3-4-20-45-41(50)52-23-35-30-14-15-32-37(18-16-31(30)35)53-46-39(32)25-7-11-28(43)12-8-25/h5-13,17,21,30-31,35H,3-4,14-16,18-20,22-23H2,1-2H3,(H,44,48)(H,45,50)/t30-,31+,35-/m0/s1/i43-1. The van der Waals surface area contributed by atoms with Gasteiger partial charge < -0.3 is 24.6 Å². The number of rotatable bonds is 12. The molecule has 0 saturated heterocycles. The van der Waals surface area contributed by atoms with Gasteiger partial charge in [-0.25, -0.2) is 9.18 Å². The van der Waals surface area contributed by atoms with Crippen molar-refractivity contribution >= 4 is 40.4 Å². The highest BCUT2D eigenvalue weighted by atomic mass is 35.5. The van der Waals surface area contributed by atoms with E-state index in [2.05, 4.69) is 15.8 Å². The van der Waals surface area contributed by atoms with Crippen molar-refractivity contribution in [2.24, 2.45) is 17.8 Å². The van der Waals surface area contributed by atoms with Crippen LogP contribution in [0.5, 0.6) is 5.75 Å². The summed E-state index contributed by atoms with van der Waals surface area (Å²) in [4.78, 5) is 39.1. The largest absolute Gasteiger partial charge is 0.497 e. The van der Waals surface area contributed by atoms with Crippen molar-refractivity contribution in [2.75, 3.05) is 26.8 Å². The zero-order valence-electron chi connectivity index (χ0n) is 29.8. The number of carbonyl (C=O) groups excluding carboxylic acids is 3. The molecule has 12 heteroatoms. The molecule has 0 aliphatic heterocycles. The van der Waals surface area contributed by atoms with Crippen LogP contribution in [0.3, 0.4) is 0 Å². The average Bonchev–Trinajstić information content (AvgIpc) is 3.52. The molecule has 2 amide bonds. The molecule has 0 spiro atoms. The Morgan fingerprint density at radius 2 is 1.68 bits per heavy atom. The summed E-state index contributed by atoms with van der Waals surface area (Å²) in [6.07, 6.45) is 4.53. The van der Waals surface area contributed by atoms with Gasteiger partial charge in [0.25, 0.3) is 5.91 Å². The molecule has 2 heterocycles. The second-order valence-electron chi connectivity index (χ2n) is 13.9. The second-order valence-corrected chi connectivity index (χ2v) is 14.3. The van der Waals surface area contributed by atoms with Crippen LogP contribution < -0.4 is 15.4 Å². The Bertz CT molecular complexity index is 2130. The van der Waals surface area contributed by atoms with Crippen LogP contribution in [0.4, 0.5) is 9.18 Å². The fraction of sp³-hybridized carbons (Fsp3) is 0.366. The van der Waals surface area contributed by atoms with E-state index in [-0.39, 0.29) is 24.1 Å². The van der Waals surface area contributed by atoms with Crippen LogP contribution in [0.15, 0.2) is 71.3 Å². The van der Waals surface area contributed by atoms with Crippen molar-refractivity contribution in [2.45, 2.75) is 51.9 Å². The van der Waals surface area contributed by atoms with Crippen molar-refractivity contribution in [3.05, 3.63) is 106 Å². The van der Waals surface area contributed by atoms with E-state index in [0.717, 1.165) is 59.2 Å². The van der Waals surface area contributed by atoms with E-state index in [1.807, 2.05) is 19.1 Å². The number of unbranched alkanes of at least 4 members (excludes halogenated alkanes) is 1. The number of benzene rings is 3. The lowest BCUT2D eigenvalue weighted by molar-refractivity contribution is -0.120. The van der Waals surface area contributed by atoms with E-state index >= 15 is 0 Å². The molecule has 10 nitrogen and oxygen atoms in total. The molecule has 3 atom stereocenters. The molecule has 5 aromatic rings. The van der Waals surface area contributed by atoms with E-state index in [1.165, 1.54) is 12.1 Å². The maximum Gasteiger partial charge on any atom is 0.407 e. The van der Waals surface area contributed by atoms with Crippen LogP contribution in [-0.4, -0.2) is 54.4 Å². The van der Waals surface area contributed by atoms with Crippen LogP contribution in [0.2, 0.25) is 5.02 Å². The molecule has 276 valence electrons. The van der Waals surface area contributed by atoms with Crippen LogP contribution >= 0.6 is 11.6 Å². The summed E-state index contributed by atoms with van der Waals surface area (Å²) in [5, 5.41) is 11.4. The van der Waals surface area contributed by atoms with Crippen molar-refractivity contribution in [3.8, 4) is 17.0 Å². The summed E-state index contributed by atoms with van der Waals surface area (Å²) in [6.45, 7) is 3.10. The fourth-order valence-electron chi connectivity index (χ4n) is 7.78. The van der Waals surface area contributed by atoms with Gasteiger partial charge in [-0.3, -0.25) is 14.2 Å². The summed E-state index contributed by atoms with van der Waals surface area (Å²) in [5.74, 6) is 2.18. The van der Waals surface area contributed by atoms with Crippen LogP contribution in [-0.2, 0) is 28.8 Å². The number of methoxy groups -OCH3 is 1. The van der Waals surface area contributed by atoms with Gasteiger partial charge in [0.15, 0.2) is 0 Å². The number of ether oxygens (including phenoxy) is 2. The van der Waals surface area contributed by atoms with Gasteiger partial charge in [-0.1, -0.05) is 16.8 Å². The summed E-state index contributed by atoms with van der Waals surface area (Å²) >= 11 is 6.04. The van der Waals surface area contributed by atoms with Crippen molar-refractivity contribution in [3.63, 3.8) is 0 Å². The summed E-state index contributed by atoms with van der Waals surface area (Å²) in [7, 11) is 1.58. The molecular formula is C41H42ClFN4O6. The number of hydrogen-bond acceptors (Lipinski definition) is 7. The quantitative estimate of drug-likeness (QED) is 0.126. The normalized spacial score (nSPS) is 17.6. The first-order valence-electron chi connectivity index (χ1n) is 18.1. The maximum atomic E-state index is 13.6. The van der Waals surface area contributed by atoms with Crippen LogP contribution in [0, 0.1) is 30.5 Å². The minimum absolute atomic E-state index is 0.0961. The fourth-order valence-corrected chi connectivity index (χ4v) is 7.90. The molecule has 2 N–H and O–H groups in total. The highest BCUT2D eigenvalue weighted by Gasteiger charge is 2.50. The number of nitrogens with one attached hydrogen (secondary N) is 2. The number of hydrogen-bond donors (Lipinski definition) is 2. The Balaban J connectivity index is 0.836. The Hall–Kier alpha value is -5.16. The predicted octanol–water partition coefficient (Wildman–Crippen LogP) is 7.70. The maximum absolute atomic E-state index is 13.6. The number of fused-ring (bicyclic) bond motifs is 3. The number of alkyl carbamates (subject to hydrolysis) is 1. The van der Waals surface area contributed by atoms with E-state index in [4.69, 9.17) is 25.6 Å². The molecule has 3 aromatic carbocycles. The van der Waals surface area contributed by atoms with Gasteiger partial charge in [0.1, 0.15) is 23.0 Å². The highest BCUT2D eigenvalue weighted by molar-refractivity contribution is 6.30. The lowest BCUT2D eigenvalue weighted by Crippen LogP contribution is -2.29. The molecule has 0 bridgehead atoms. The van der Waals surface area contributed by atoms with Gasteiger partial charge in [0.05, 0.1) is 25.7 Å². The van der Waals surface area contributed by atoms with Crippen molar-refractivity contribution in [1.29, 1.82) is 0 Å². The van der Waals surface area contributed by atoms with Gasteiger partial charge in [0.2, 0.25) is 5.91 Å². The van der Waals surface area contributed by atoms with Crippen LogP contribution in [0.1, 0.15) is 58.6 Å². The topological polar surface area (TPSA) is 125 Å². The first-order chi connectivity index (χ1) is 25.7. The third-order valence-electron chi connectivity index (χ3n) is 10.7. The number of halogens is 2. The molecule has 53 heavy (non-hydrogen) atoms. The molecule has 7 rings (SSSR count). The van der Waals surface area contributed by atoms with Gasteiger partial charge >= 0.3 is 6.09 Å². The minimum Gasteiger partial charge on any atom is -0.497 e. The van der Waals surface area contributed by atoms with E-state index in [1.54, 1.807) is 54.1 Å². The lowest BCUT2D eigenvalue weighted by Gasteiger charge is -2.09. The monoisotopic (exact) mass is 739 g/mol. The molecule has 2 aromatic heterocycles. The van der Waals surface area contributed by atoms with Crippen molar-refractivity contribution in [1.82, 2.24) is 20.4 Å². The van der Waals surface area contributed by atoms with E-state index in [9.17, 15) is 18.8 Å². The highest BCUT2D eigenvalue weighted by Crippen LogP contribution is 2.53. The Morgan fingerprint density at radius 1 is 0.962 bits per heavy atom. The first kappa shape index (κ1) is 36.2. The van der Waals surface area contributed by atoms with Crippen LogP contribution in [0.25, 0.3) is 22.2 Å². The molecule has 2 aliphatic carbocycles. The summed E-state index contributed by atoms with van der Waals surface area (Å²) in [6, 6.07) is 18.5. The predicted molar refractivity (Wildman–Crippen MR) is 199 cm³/mol. The first-order valence-corrected chi connectivity index (χ1v) is 18.5. The van der Waals surface area contributed by atoms with Gasteiger partial charge in [-0.2, -0.15) is 0 Å². The van der Waals surface area contributed by atoms with Gasteiger partial charge in [-0.15, -0.1) is 0 Å². The number of nitrogens with zero attached hydrogens (tertiary/aromatic N) is 2.